The molecule has 3 nitrogen and oxygen atoms in total. The Kier molecular flexibility index (Phi) is 3.61. The molecule has 1 aromatic rings. The van der Waals surface area contributed by atoms with Crippen molar-refractivity contribution in [2.75, 3.05) is 26.2 Å². The lowest BCUT2D eigenvalue weighted by Crippen LogP contribution is -2.42. The molecule has 1 saturated heterocycles. The molecule has 0 aliphatic carbocycles. The van der Waals surface area contributed by atoms with E-state index in [-0.39, 0.29) is 0 Å². The highest BCUT2D eigenvalue weighted by Crippen LogP contribution is 2.23. The molecule has 0 amide bonds. The van der Waals surface area contributed by atoms with Gasteiger partial charge in [-0.2, -0.15) is 0 Å². The first kappa shape index (κ1) is 10.9. The monoisotopic (exact) mass is 270 g/mol. The van der Waals surface area contributed by atoms with Gasteiger partial charge >= 0.3 is 0 Å². The van der Waals surface area contributed by atoms with Crippen LogP contribution in [0.25, 0.3) is 0 Å². The molecular weight excluding hydrogens is 256 g/mol. The van der Waals surface area contributed by atoms with E-state index >= 15 is 0 Å². The van der Waals surface area contributed by atoms with Crippen molar-refractivity contribution in [1.82, 2.24) is 10.2 Å². The van der Waals surface area contributed by atoms with E-state index in [0.717, 1.165) is 42.8 Å². The van der Waals surface area contributed by atoms with E-state index in [0.29, 0.717) is 5.75 Å². The van der Waals surface area contributed by atoms with E-state index in [1.165, 1.54) is 0 Å². The van der Waals surface area contributed by atoms with Crippen LogP contribution in [0.5, 0.6) is 5.75 Å². The number of aromatic hydroxyl groups is 1. The van der Waals surface area contributed by atoms with Gasteiger partial charge in [-0.1, -0.05) is 15.9 Å². The van der Waals surface area contributed by atoms with Gasteiger partial charge in [0.15, 0.2) is 0 Å². The fourth-order valence-electron chi connectivity index (χ4n) is 1.79. The first-order valence-electron chi connectivity index (χ1n) is 5.16. The van der Waals surface area contributed by atoms with Crippen LogP contribution in [0, 0.1) is 0 Å². The van der Waals surface area contributed by atoms with Gasteiger partial charge in [0.05, 0.1) is 0 Å². The highest BCUT2D eigenvalue weighted by molar-refractivity contribution is 9.10. The fourth-order valence-corrected chi connectivity index (χ4v) is 2.20. The summed E-state index contributed by atoms with van der Waals surface area (Å²) >= 11 is 3.42. The molecule has 0 saturated carbocycles. The number of benzene rings is 1. The van der Waals surface area contributed by atoms with Crippen molar-refractivity contribution in [1.29, 1.82) is 0 Å². The lowest BCUT2D eigenvalue weighted by molar-refractivity contribution is 0.230. The first-order valence-corrected chi connectivity index (χ1v) is 5.95. The smallest absolute Gasteiger partial charge is 0.120 e. The van der Waals surface area contributed by atoms with Crippen LogP contribution in [0.3, 0.4) is 0 Å². The summed E-state index contributed by atoms with van der Waals surface area (Å²) < 4.78 is 1.02. The van der Waals surface area contributed by atoms with Crippen molar-refractivity contribution in [3.63, 3.8) is 0 Å². The number of nitrogens with one attached hydrogen (secondary N) is 1. The Morgan fingerprint density at radius 2 is 2.07 bits per heavy atom. The molecule has 2 rings (SSSR count). The Hall–Kier alpha value is -0.580. The van der Waals surface area contributed by atoms with Gasteiger partial charge in [0, 0.05) is 42.8 Å². The van der Waals surface area contributed by atoms with Crippen molar-refractivity contribution >= 4 is 15.9 Å². The summed E-state index contributed by atoms with van der Waals surface area (Å²) in [5.41, 5.74) is 0.992. The van der Waals surface area contributed by atoms with Gasteiger partial charge in [0.1, 0.15) is 5.75 Å². The van der Waals surface area contributed by atoms with Gasteiger partial charge < -0.3 is 10.4 Å². The number of nitrogens with zero attached hydrogens (tertiary/aromatic N) is 1. The van der Waals surface area contributed by atoms with Gasteiger partial charge in [-0.25, -0.2) is 0 Å². The average Bonchev–Trinajstić information content (AvgIpc) is 2.25. The van der Waals surface area contributed by atoms with E-state index in [2.05, 4.69) is 26.1 Å². The van der Waals surface area contributed by atoms with E-state index in [9.17, 15) is 5.11 Å². The number of phenols is 1. The summed E-state index contributed by atoms with van der Waals surface area (Å²) in [5, 5.41) is 13.0. The zero-order valence-electron chi connectivity index (χ0n) is 8.54. The largest absolute Gasteiger partial charge is 0.508 e. The fraction of sp³-hybridized carbons (Fsp3) is 0.455. The average molecular weight is 271 g/mol. The maximum absolute atomic E-state index is 9.70. The highest BCUT2D eigenvalue weighted by Gasteiger charge is 2.11. The molecule has 1 aliphatic rings. The normalized spacial score (nSPS) is 17.9. The second-order valence-corrected chi connectivity index (χ2v) is 4.71. The number of hydrogen-bond acceptors (Lipinski definition) is 3. The van der Waals surface area contributed by atoms with E-state index in [4.69, 9.17) is 0 Å². The minimum absolute atomic E-state index is 0.386. The Balaban J connectivity index is 2.05. The third-order valence-electron chi connectivity index (χ3n) is 2.65. The topological polar surface area (TPSA) is 35.5 Å². The van der Waals surface area contributed by atoms with Gasteiger partial charge in [-0.05, 0) is 18.2 Å². The number of phenolic OH excluding ortho intramolecular Hbond substituents is 1. The molecule has 1 fully saturated rings. The second kappa shape index (κ2) is 4.96. The molecule has 1 heterocycles. The van der Waals surface area contributed by atoms with E-state index < -0.39 is 0 Å². The molecule has 0 radical (unpaired) electrons. The summed E-state index contributed by atoms with van der Waals surface area (Å²) in [4.78, 5) is 2.35. The third-order valence-corrected chi connectivity index (χ3v) is 3.14. The van der Waals surface area contributed by atoms with E-state index in [1.807, 2.05) is 12.1 Å². The molecule has 4 heteroatoms. The molecule has 15 heavy (non-hydrogen) atoms. The Morgan fingerprint density at radius 1 is 1.33 bits per heavy atom. The predicted octanol–water partition coefficient (Wildman–Crippen LogP) is 1.56. The summed E-state index contributed by atoms with van der Waals surface area (Å²) in [6.07, 6.45) is 0. The number of piperazine rings is 1. The third kappa shape index (κ3) is 2.93. The summed E-state index contributed by atoms with van der Waals surface area (Å²) in [6, 6.07) is 5.58. The van der Waals surface area contributed by atoms with Crippen molar-refractivity contribution in [3.8, 4) is 5.75 Å². The van der Waals surface area contributed by atoms with Crippen LogP contribution in [-0.2, 0) is 6.54 Å². The first-order chi connectivity index (χ1) is 7.25. The molecule has 0 aromatic heterocycles. The molecule has 82 valence electrons. The molecule has 0 bridgehead atoms. The molecule has 0 atom stereocenters. The quantitative estimate of drug-likeness (QED) is 0.857. The van der Waals surface area contributed by atoms with Crippen LogP contribution >= 0.6 is 15.9 Å². The molecule has 0 spiro atoms. The predicted molar refractivity (Wildman–Crippen MR) is 64.0 cm³/mol. The van der Waals surface area contributed by atoms with Gasteiger partial charge in [-0.15, -0.1) is 0 Å². The van der Waals surface area contributed by atoms with Crippen LogP contribution in [-0.4, -0.2) is 36.2 Å². The summed E-state index contributed by atoms with van der Waals surface area (Å²) in [6.45, 7) is 4.99. The van der Waals surface area contributed by atoms with Crippen molar-refractivity contribution in [2.45, 2.75) is 6.54 Å². The van der Waals surface area contributed by atoms with Crippen LogP contribution < -0.4 is 5.32 Å². The highest BCUT2D eigenvalue weighted by atomic mass is 79.9. The van der Waals surface area contributed by atoms with Gasteiger partial charge in [0.25, 0.3) is 0 Å². The van der Waals surface area contributed by atoms with Gasteiger partial charge in [-0.3, -0.25) is 4.90 Å². The number of rotatable bonds is 2. The SMILES string of the molecule is Oc1ccc(Br)cc1CN1CCNCC1. The minimum atomic E-state index is 0.386. The molecule has 1 aliphatic heterocycles. The van der Waals surface area contributed by atoms with Crippen LogP contribution in [0.1, 0.15) is 5.56 Å². The lowest BCUT2D eigenvalue weighted by atomic mass is 10.2. The molecule has 2 N–H and O–H groups in total. The molecule has 0 unspecified atom stereocenters. The maximum atomic E-state index is 9.70. The van der Waals surface area contributed by atoms with Crippen LogP contribution in [0.15, 0.2) is 22.7 Å². The van der Waals surface area contributed by atoms with Crippen molar-refractivity contribution < 1.29 is 5.11 Å². The lowest BCUT2D eigenvalue weighted by Gasteiger charge is -2.27. The van der Waals surface area contributed by atoms with Crippen LogP contribution in [0.2, 0.25) is 0 Å². The number of hydrogen-bond donors (Lipinski definition) is 2. The van der Waals surface area contributed by atoms with Crippen molar-refractivity contribution in [2.24, 2.45) is 0 Å². The summed E-state index contributed by atoms with van der Waals surface area (Å²) in [5.74, 6) is 0.386. The Labute approximate surface area is 98.2 Å². The standard InChI is InChI=1S/C11H15BrN2O/c12-10-1-2-11(15)9(7-10)8-14-5-3-13-4-6-14/h1-2,7,13,15H,3-6,8H2. The zero-order chi connectivity index (χ0) is 10.7. The maximum Gasteiger partial charge on any atom is 0.120 e. The summed E-state index contributed by atoms with van der Waals surface area (Å²) in [7, 11) is 0. The number of halogens is 1. The van der Waals surface area contributed by atoms with Crippen LogP contribution in [0.4, 0.5) is 0 Å². The van der Waals surface area contributed by atoms with Gasteiger partial charge in [0.2, 0.25) is 0 Å². The Bertz CT molecular complexity index is 337. The zero-order valence-corrected chi connectivity index (χ0v) is 10.1. The minimum Gasteiger partial charge on any atom is -0.508 e. The van der Waals surface area contributed by atoms with E-state index in [1.54, 1.807) is 6.07 Å². The van der Waals surface area contributed by atoms with Crippen molar-refractivity contribution in [3.05, 3.63) is 28.2 Å². The second-order valence-electron chi connectivity index (χ2n) is 3.80. The molecule has 1 aromatic carbocycles. The molecular formula is C11H15BrN2O. The Morgan fingerprint density at radius 3 is 2.80 bits per heavy atom.